The number of hydrogen-bond acceptors (Lipinski definition) is 5. The van der Waals surface area contributed by atoms with E-state index in [1.54, 1.807) is 17.4 Å². The molecule has 2 atom stereocenters. The van der Waals surface area contributed by atoms with E-state index in [0.29, 0.717) is 19.4 Å². The molecule has 1 heterocycles. The van der Waals surface area contributed by atoms with E-state index in [9.17, 15) is 9.59 Å². The molecule has 7 heteroatoms. The number of ether oxygens (including phenoxy) is 1. The van der Waals surface area contributed by atoms with Gasteiger partial charge in [-0.25, -0.2) is 5.48 Å². The Labute approximate surface area is 199 Å². The molecule has 2 amide bonds. The minimum Gasteiger partial charge on any atom is -0.489 e. The molecule has 34 heavy (non-hydrogen) atoms. The number of hydrogen-bond donors (Lipinski definition) is 2. The highest BCUT2D eigenvalue weighted by Crippen LogP contribution is 2.56. The molecular formula is C27H31N3O4. The Morgan fingerprint density at radius 1 is 1.21 bits per heavy atom. The molecule has 0 saturated heterocycles. The first-order valence-electron chi connectivity index (χ1n) is 11.5. The molecule has 1 fully saturated rings. The van der Waals surface area contributed by atoms with E-state index >= 15 is 0 Å². The van der Waals surface area contributed by atoms with E-state index in [4.69, 9.17) is 9.94 Å². The SMILES string of the molecule is Cc1cc(COc2ccc(CC3(C(=O)N(C)C(C)C)CC3C(=O)NO)cc2)c2ccccc2n1. The van der Waals surface area contributed by atoms with Crippen molar-refractivity contribution in [2.75, 3.05) is 7.05 Å². The molecule has 1 aliphatic carbocycles. The monoisotopic (exact) mass is 461 g/mol. The first-order chi connectivity index (χ1) is 16.2. The number of aryl methyl sites for hydroxylation is 1. The molecule has 0 bridgehead atoms. The number of aromatic nitrogens is 1. The second-order valence-electron chi connectivity index (χ2n) is 9.45. The molecular weight excluding hydrogens is 430 g/mol. The second kappa shape index (κ2) is 9.43. The van der Waals surface area contributed by atoms with E-state index in [-0.39, 0.29) is 11.9 Å². The number of nitrogens with zero attached hydrogens (tertiary/aromatic N) is 2. The van der Waals surface area contributed by atoms with Crippen molar-refractivity contribution in [2.45, 2.75) is 46.3 Å². The summed E-state index contributed by atoms with van der Waals surface area (Å²) in [6.07, 6.45) is 0.845. The van der Waals surface area contributed by atoms with Gasteiger partial charge in [-0.3, -0.25) is 19.8 Å². The zero-order valence-corrected chi connectivity index (χ0v) is 20.0. The van der Waals surface area contributed by atoms with Gasteiger partial charge in [-0.15, -0.1) is 0 Å². The lowest BCUT2D eigenvalue weighted by atomic mass is 9.91. The van der Waals surface area contributed by atoms with Gasteiger partial charge in [0.05, 0.1) is 16.8 Å². The summed E-state index contributed by atoms with van der Waals surface area (Å²) < 4.78 is 6.05. The van der Waals surface area contributed by atoms with Crippen molar-refractivity contribution in [3.63, 3.8) is 0 Å². The number of benzene rings is 2. The fourth-order valence-corrected chi connectivity index (χ4v) is 4.56. The van der Waals surface area contributed by atoms with Crippen LogP contribution in [0.25, 0.3) is 10.9 Å². The van der Waals surface area contributed by atoms with Crippen molar-refractivity contribution in [2.24, 2.45) is 11.3 Å². The smallest absolute Gasteiger partial charge is 0.247 e. The number of amides is 2. The lowest BCUT2D eigenvalue weighted by Crippen LogP contribution is -2.42. The summed E-state index contributed by atoms with van der Waals surface area (Å²) in [5.74, 6) is -0.394. The number of para-hydroxylation sites is 1. The van der Waals surface area contributed by atoms with Gasteiger partial charge in [0.2, 0.25) is 11.8 Å². The lowest BCUT2D eigenvalue weighted by molar-refractivity contribution is -0.141. The van der Waals surface area contributed by atoms with Crippen LogP contribution in [-0.2, 0) is 22.6 Å². The normalized spacial score (nSPS) is 19.2. The van der Waals surface area contributed by atoms with Gasteiger partial charge in [-0.2, -0.15) is 0 Å². The van der Waals surface area contributed by atoms with Gasteiger partial charge in [-0.1, -0.05) is 30.3 Å². The molecule has 2 aromatic carbocycles. The molecule has 1 saturated carbocycles. The van der Waals surface area contributed by atoms with Crippen molar-refractivity contribution >= 4 is 22.7 Å². The number of carbonyl (C=O) groups is 2. The first kappa shape index (κ1) is 23.7. The van der Waals surface area contributed by atoms with Crippen LogP contribution in [-0.4, -0.2) is 40.0 Å². The highest BCUT2D eigenvalue weighted by atomic mass is 16.5. The highest BCUT2D eigenvalue weighted by molar-refractivity contribution is 5.95. The number of rotatable bonds is 8. The van der Waals surface area contributed by atoms with Crippen molar-refractivity contribution in [3.8, 4) is 5.75 Å². The summed E-state index contributed by atoms with van der Waals surface area (Å²) >= 11 is 0. The summed E-state index contributed by atoms with van der Waals surface area (Å²) in [5, 5.41) is 10.2. The van der Waals surface area contributed by atoms with Crippen LogP contribution >= 0.6 is 0 Å². The summed E-state index contributed by atoms with van der Waals surface area (Å²) in [6, 6.07) is 17.7. The Kier molecular flexibility index (Phi) is 6.57. The zero-order valence-electron chi connectivity index (χ0n) is 20.0. The maximum atomic E-state index is 13.2. The lowest BCUT2D eigenvalue weighted by Gasteiger charge is -2.27. The summed E-state index contributed by atoms with van der Waals surface area (Å²) in [6.45, 7) is 6.27. The van der Waals surface area contributed by atoms with E-state index in [2.05, 4.69) is 4.98 Å². The third-order valence-corrected chi connectivity index (χ3v) is 6.79. The predicted octanol–water partition coefficient (Wildman–Crippen LogP) is 4.04. The van der Waals surface area contributed by atoms with Crippen molar-refractivity contribution in [1.82, 2.24) is 15.4 Å². The molecule has 1 aliphatic rings. The topological polar surface area (TPSA) is 91.8 Å². The third kappa shape index (κ3) is 4.61. The first-order valence-corrected chi connectivity index (χ1v) is 11.5. The van der Waals surface area contributed by atoms with Gasteiger partial charge in [0, 0.05) is 29.7 Å². The molecule has 4 rings (SSSR count). The van der Waals surface area contributed by atoms with Crippen LogP contribution in [0.15, 0.2) is 54.6 Å². The fourth-order valence-electron chi connectivity index (χ4n) is 4.56. The van der Waals surface area contributed by atoms with Crippen LogP contribution in [0, 0.1) is 18.3 Å². The number of pyridine rings is 1. The summed E-state index contributed by atoms with van der Waals surface area (Å²) in [5.41, 5.74) is 4.79. The molecule has 1 aromatic heterocycles. The number of carbonyl (C=O) groups excluding carboxylic acids is 2. The molecule has 0 radical (unpaired) electrons. The Morgan fingerprint density at radius 3 is 2.59 bits per heavy atom. The average molecular weight is 462 g/mol. The van der Waals surface area contributed by atoms with Crippen molar-refractivity contribution in [3.05, 3.63) is 71.4 Å². The van der Waals surface area contributed by atoms with Crippen LogP contribution in [0.1, 0.15) is 37.1 Å². The van der Waals surface area contributed by atoms with Gasteiger partial charge in [0.1, 0.15) is 12.4 Å². The molecule has 7 nitrogen and oxygen atoms in total. The largest absolute Gasteiger partial charge is 0.489 e. The maximum Gasteiger partial charge on any atom is 0.247 e. The maximum absolute atomic E-state index is 13.2. The Bertz CT molecular complexity index is 1210. The number of nitrogens with one attached hydrogen (secondary N) is 1. The summed E-state index contributed by atoms with van der Waals surface area (Å²) in [4.78, 5) is 31.6. The fraction of sp³-hybridized carbons (Fsp3) is 0.370. The van der Waals surface area contributed by atoms with Crippen LogP contribution in [0.4, 0.5) is 0 Å². The zero-order chi connectivity index (χ0) is 24.5. The van der Waals surface area contributed by atoms with Gasteiger partial charge in [0.15, 0.2) is 0 Å². The van der Waals surface area contributed by atoms with Gasteiger partial charge in [-0.05, 0) is 63.4 Å². The van der Waals surface area contributed by atoms with E-state index in [0.717, 1.165) is 33.5 Å². The standard InChI is InChI=1S/C27H31N3O4/c1-17(2)30(4)26(32)27(15-23(27)25(31)29-33)14-19-9-11-21(12-10-19)34-16-20-13-18(3)28-24-8-6-5-7-22(20)24/h5-13,17,23,33H,14-16H2,1-4H3,(H,29,31). The molecule has 3 aromatic rings. The van der Waals surface area contributed by atoms with Crippen LogP contribution in [0.3, 0.4) is 0 Å². The van der Waals surface area contributed by atoms with Crippen LogP contribution < -0.4 is 10.2 Å². The van der Waals surface area contributed by atoms with E-state index < -0.39 is 17.2 Å². The van der Waals surface area contributed by atoms with E-state index in [1.807, 2.05) is 75.4 Å². The molecule has 0 aliphatic heterocycles. The number of hydroxylamine groups is 1. The van der Waals surface area contributed by atoms with Crippen LogP contribution in [0.2, 0.25) is 0 Å². The van der Waals surface area contributed by atoms with E-state index in [1.165, 1.54) is 0 Å². The quantitative estimate of drug-likeness (QED) is 0.390. The molecule has 2 N–H and O–H groups in total. The van der Waals surface area contributed by atoms with Gasteiger partial charge in [0.25, 0.3) is 0 Å². The minimum absolute atomic E-state index is 0.0199. The molecule has 0 spiro atoms. The molecule has 178 valence electrons. The Balaban J connectivity index is 1.48. The Morgan fingerprint density at radius 2 is 1.91 bits per heavy atom. The Hall–Kier alpha value is -3.45. The highest BCUT2D eigenvalue weighted by Gasteiger charge is 2.64. The van der Waals surface area contributed by atoms with Crippen molar-refractivity contribution in [1.29, 1.82) is 0 Å². The average Bonchev–Trinajstić information content (AvgIpc) is 3.56. The van der Waals surface area contributed by atoms with Gasteiger partial charge < -0.3 is 9.64 Å². The predicted molar refractivity (Wildman–Crippen MR) is 129 cm³/mol. The third-order valence-electron chi connectivity index (χ3n) is 6.79. The second-order valence-corrected chi connectivity index (χ2v) is 9.45. The number of fused-ring (bicyclic) bond motifs is 1. The summed E-state index contributed by atoms with van der Waals surface area (Å²) in [7, 11) is 1.75. The van der Waals surface area contributed by atoms with Crippen molar-refractivity contribution < 1.29 is 19.5 Å². The van der Waals surface area contributed by atoms with Gasteiger partial charge >= 0.3 is 0 Å². The minimum atomic E-state index is -0.832. The van der Waals surface area contributed by atoms with Crippen LogP contribution in [0.5, 0.6) is 5.75 Å². The molecule has 2 unspecified atom stereocenters.